The SMILES string of the molecule is CC(NC(C)C1CCC1)c1ccc2c(c1)OCO2. The number of rotatable bonds is 4. The van der Waals surface area contributed by atoms with Crippen molar-refractivity contribution >= 4 is 0 Å². The van der Waals surface area contributed by atoms with Crippen LogP contribution in [0.25, 0.3) is 0 Å². The van der Waals surface area contributed by atoms with Crippen LogP contribution in [-0.2, 0) is 0 Å². The molecule has 1 aliphatic heterocycles. The Morgan fingerprint density at radius 1 is 1.17 bits per heavy atom. The normalized spacial score (nSPS) is 21.4. The van der Waals surface area contributed by atoms with E-state index in [0.29, 0.717) is 18.9 Å². The monoisotopic (exact) mass is 247 g/mol. The summed E-state index contributed by atoms with van der Waals surface area (Å²) in [4.78, 5) is 0. The first-order chi connectivity index (χ1) is 8.74. The largest absolute Gasteiger partial charge is 0.454 e. The Labute approximate surface area is 108 Å². The highest BCUT2D eigenvalue weighted by Gasteiger charge is 2.25. The summed E-state index contributed by atoms with van der Waals surface area (Å²) in [5.74, 6) is 2.59. The molecule has 2 unspecified atom stereocenters. The predicted molar refractivity (Wildman–Crippen MR) is 70.9 cm³/mol. The molecule has 0 amide bonds. The molecule has 1 aromatic rings. The smallest absolute Gasteiger partial charge is 0.231 e. The first kappa shape index (κ1) is 11.8. The van der Waals surface area contributed by atoms with Crippen LogP contribution >= 0.6 is 0 Å². The van der Waals surface area contributed by atoms with Crippen LogP contribution in [0.2, 0.25) is 0 Å². The van der Waals surface area contributed by atoms with E-state index in [1.807, 2.05) is 6.07 Å². The molecule has 1 saturated carbocycles. The minimum atomic E-state index is 0.346. The van der Waals surface area contributed by atoms with Gasteiger partial charge in [-0.2, -0.15) is 0 Å². The van der Waals surface area contributed by atoms with Crippen molar-refractivity contribution in [2.75, 3.05) is 6.79 Å². The second kappa shape index (κ2) is 4.81. The summed E-state index contributed by atoms with van der Waals surface area (Å²) in [6.07, 6.45) is 4.15. The number of ether oxygens (including phenoxy) is 2. The number of benzene rings is 1. The van der Waals surface area contributed by atoms with Gasteiger partial charge in [0.15, 0.2) is 11.5 Å². The van der Waals surface area contributed by atoms with Crippen LogP contribution in [0.1, 0.15) is 44.7 Å². The topological polar surface area (TPSA) is 30.5 Å². The molecule has 3 nitrogen and oxygen atoms in total. The molecule has 1 N–H and O–H groups in total. The number of hydrogen-bond acceptors (Lipinski definition) is 3. The Bertz CT molecular complexity index is 429. The highest BCUT2D eigenvalue weighted by molar-refractivity contribution is 5.45. The maximum Gasteiger partial charge on any atom is 0.231 e. The van der Waals surface area contributed by atoms with Gasteiger partial charge in [0.1, 0.15) is 0 Å². The third-order valence-corrected chi connectivity index (χ3v) is 4.27. The lowest BCUT2D eigenvalue weighted by atomic mass is 9.80. The van der Waals surface area contributed by atoms with Crippen LogP contribution < -0.4 is 14.8 Å². The zero-order chi connectivity index (χ0) is 12.5. The lowest BCUT2D eigenvalue weighted by Gasteiger charge is -2.34. The van der Waals surface area contributed by atoms with Gasteiger partial charge < -0.3 is 14.8 Å². The van der Waals surface area contributed by atoms with Crippen LogP contribution in [-0.4, -0.2) is 12.8 Å². The highest BCUT2D eigenvalue weighted by atomic mass is 16.7. The van der Waals surface area contributed by atoms with Crippen LogP contribution in [0, 0.1) is 5.92 Å². The lowest BCUT2D eigenvalue weighted by molar-refractivity contribution is 0.174. The maximum atomic E-state index is 5.42. The highest BCUT2D eigenvalue weighted by Crippen LogP contribution is 2.35. The van der Waals surface area contributed by atoms with E-state index in [4.69, 9.17) is 9.47 Å². The fourth-order valence-corrected chi connectivity index (χ4v) is 2.75. The summed E-state index contributed by atoms with van der Waals surface area (Å²) in [7, 11) is 0. The molecule has 1 aliphatic carbocycles. The third kappa shape index (κ3) is 2.19. The van der Waals surface area contributed by atoms with Gasteiger partial charge in [0, 0.05) is 12.1 Å². The van der Waals surface area contributed by atoms with E-state index in [0.717, 1.165) is 17.4 Å². The molecule has 0 bridgehead atoms. The molecule has 0 radical (unpaired) electrons. The van der Waals surface area contributed by atoms with Gasteiger partial charge >= 0.3 is 0 Å². The van der Waals surface area contributed by atoms with Gasteiger partial charge in [-0.25, -0.2) is 0 Å². The quantitative estimate of drug-likeness (QED) is 0.886. The zero-order valence-electron chi connectivity index (χ0n) is 11.1. The van der Waals surface area contributed by atoms with Gasteiger partial charge in [0.25, 0.3) is 0 Å². The molecule has 3 heteroatoms. The number of nitrogens with one attached hydrogen (secondary N) is 1. The van der Waals surface area contributed by atoms with E-state index in [1.54, 1.807) is 0 Å². The molecule has 98 valence electrons. The van der Waals surface area contributed by atoms with E-state index in [1.165, 1.54) is 24.8 Å². The van der Waals surface area contributed by atoms with E-state index in [-0.39, 0.29) is 0 Å². The molecular weight excluding hydrogens is 226 g/mol. The Morgan fingerprint density at radius 3 is 2.67 bits per heavy atom. The first-order valence-corrected chi connectivity index (χ1v) is 6.89. The van der Waals surface area contributed by atoms with Gasteiger partial charge in [0.05, 0.1) is 0 Å². The van der Waals surface area contributed by atoms with Crippen molar-refractivity contribution in [2.45, 2.75) is 45.2 Å². The van der Waals surface area contributed by atoms with Gasteiger partial charge in [-0.3, -0.25) is 0 Å². The maximum absolute atomic E-state index is 5.42. The molecule has 18 heavy (non-hydrogen) atoms. The number of fused-ring (bicyclic) bond motifs is 1. The fraction of sp³-hybridized carbons (Fsp3) is 0.600. The third-order valence-electron chi connectivity index (χ3n) is 4.27. The summed E-state index contributed by atoms with van der Waals surface area (Å²) in [6, 6.07) is 7.17. The second-order valence-electron chi connectivity index (χ2n) is 5.48. The first-order valence-electron chi connectivity index (χ1n) is 6.89. The average Bonchev–Trinajstić information content (AvgIpc) is 2.72. The van der Waals surface area contributed by atoms with E-state index < -0.39 is 0 Å². The molecular formula is C15H21NO2. The van der Waals surface area contributed by atoms with Crippen LogP contribution in [0.3, 0.4) is 0 Å². The van der Waals surface area contributed by atoms with Crippen molar-refractivity contribution in [3.05, 3.63) is 23.8 Å². The lowest BCUT2D eigenvalue weighted by Crippen LogP contribution is -2.38. The standard InChI is InChI=1S/C15H21NO2/c1-10(12-4-3-5-12)16-11(2)13-6-7-14-15(8-13)18-9-17-14/h6-8,10-12,16H,3-5,9H2,1-2H3. The van der Waals surface area contributed by atoms with Gasteiger partial charge in [-0.1, -0.05) is 12.5 Å². The van der Waals surface area contributed by atoms with E-state index >= 15 is 0 Å². The Morgan fingerprint density at radius 2 is 1.94 bits per heavy atom. The minimum Gasteiger partial charge on any atom is -0.454 e. The van der Waals surface area contributed by atoms with Crippen molar-refractivity contribution in [3.8, 4) is 11.5 Å². The molecule has 2 atom stereocenters. The van der Waals surface area contributed by atoms with Crippen molar-refractivity contribution in [1.82, 2.24) is 5.32 Å². The molecule has 2 aliphatic rings. The molecule has 1 fully saturated rings. The summed E-state index contributed by atoms with van der Waals surface area (Å²) in [5.41, 5.74) is 1.27. The molecule has 0 saturated heterocycles. The summed E-state index contributed by atoms with van der Waals surface area (Å²) < 4.78 is 10.8. The average molecular weight is 247 g/mol. The molecule has 1 aromatic carbocycles. The zero-order valence-corrected chi connectivity index (χ0v) is 11.1. The van der Waals surface area contributed by atoms with E-state index in [9.17, 15) is 0 Å². The van der Waals surface area contributed by atoms with Gasteiger partial charge in [-0.05, 0) is 50.3 Å². The summed E-state index contributed by atoms with van der Waals surface area (Å²) in [6.45, 7) is 4.86. The van der Waals surface area contributed by atoms with Crippen LogP contribution in [0.5, 0.6) is 11.5 Å². The molecule has 0 aromatic heterocycles. The van der Waals surface area contributed by atoms with Crippen molar-refractivity contribution in [2.24, 2.45) is 5.92 Å². The van der Waals surface area contributed by atoms with Crippen molar-refractivity contribution < 1.29 is 9.47 Å². The molecule has 3 rings (SSSR count). The summed E-state index contributed by atoms with van der Waals surface area (Å²) >= 11 is 0. The fourth-order valence-electron chi connectivity index (χ4n) is 2.75. The Balaban J connectivity index is 1.66. The molecule has 0 spiro atoms. The predicted octanol–water partition coefficient (Wildman–Crippen LogP) is 3.25. The summed E-state index contributed by atoms with van der Waals surface area (Å²) in [5, 5.41) is 3.69. The van der Waals surface area contributed by atoms with Crippen LogP contribution in [0.4, 0.5) is 0 Å². The Kier molecular flexibility index (Phi) is 3.16. The van der Waals surface area contributed by atoms with Gasteiger partial charge in [-0.15, -0.1) is 0 Å². The number of hydrogen-bond donors (Lipinski definition) is 1. The second-order valence-corrected chi connectivity index (χ2v) is 5.48. The Hall–Kier alpha value is -1.22. The van der Waals surface area contributed by atoms with Gasteiger partial charge in [0.2, 0.25) is 6.79 Å². The van der Waals surface area contributed by atoms with Crippen LogP contribution in [0.15, 0.2) is 18.2 Å². The minimum absolute atomic E-state index is 0.346. The molecule has 1 heterocycles. The van der Waals surface area contributed by atoms with E-state index in [2.05, 4.69) is 31.3 Å². The van der Waals surface area contributed by atoms with Crippen molar-refractivity contribution in [3.63, 3.8) is 0 Å². The van der Waals surface area contributed by atoms with Crippen molar-refractivity contribution in [1.29, 1.82) is 0 Å².